The van der Waals surface area contributed by atoms with Crippen LogP contribution in [0.25, 0.3) is 0 Å². The number of carbonyl (C=O) groups is 1. The number of anilines is 2. The van der Waals surface area contributed by atoms with Gasteiger partial charge < -0.3 is 19.3 Å². The number of carbonyl (C=O) groups excluding carboxylic acids is 1. The zero-order valence-corrected chi connectivity index (χ0v) is 19.5. The van der Waals surface area contributed by atoms with Crippen molar-refractivity contribution < 1.29 is 22.7 Å². The number of piperazine rings is 1. The highest BCUT2D eigenvalue weighted by atomic mass is 35.5. The van der Waals surface area contributed by atoms with Crippen molar-refractivity contribution in [2.75, 3.05) is 62.9 Å². The highest BCUT2D eigenvalue weighted by Gasteiger charge is 2.28. The molecule has 31 heavy (non-hydrogen) atoms. The molecule has 10 heteroatoms. The average molecular weight is 468 g/mol. The number of benzene rings is 2. The Bertz CT molecular complexity index is 1070. The van der Waals surface area contributed by atoms with Crippen LogP contribution in [0.5, 0.6) is 11.5 Å². The zero-order valence-electron chi connectivity index (χ0n) is 18.0. The molecule has 0 unspecified atom stereocenters. The standard InChI is InChI=1S/C21H26ClN3O5S/c1-23(31(4,27)28)18-14-20(30-3)19(29-2)13-17(18)21(26)25-10-8-24(9-11-25)16-7-5-6-15(22)12-16/h5-7,12-14H,8-11H2,1-4H3. The van der Waals surface area contributed by atoms with E-state index in [1.807, 2.05) is 24.3 Å². The van der Waals surface area contributed by atoms with Crippen LogP contribution < -0.4 is 18.7 Å². The summed E-state index contributed by atoms with van der Waals surface area (Å²) >= 11 is 6.09. The number of ether oxygens (including phenoxy) is 2. The maximum atomic E-state index is 13.4. The molecule has 168 valence electrons. The largest absolute Gasteiger partial charge is 0.493 e. The Kier molecular flexibility index (Phi) is 6.86. The van der Waals surface area contributed by atoms with Crippen LogP contribution in [0, 0.1) is 0 Å². The average Bonchev–Trinajstić information content (AvgIpc) is 2.76. The third kappa shape index (κ3) is 4.99. The van der Waals surface area contributed by atoms with Gasteiger partial charge in [0.2, 0.25) is 10.0 Å². The van der Waals surface area contributed by atoms with Crippen molar-refractivity contribution in [2.45, 2.75) is 0 Å². The van der Waals surface area contributed by atoms with E-state index in [0.717, 1.165) is 16.2 Å². The van der Waals surface area contributed by atoms with E-state index in [-0.39, 0.29) is 17.2 Å². The van der Waals surface area contributed by atoms with E-state index in [1.165, 1.54) is 33.4 Å². The molecule has 2 aromatic rings. The van der Waals surface area contributed by atoms with Gasteiger partial charge in [-0.25, -0.2) is 8.42 Å². The van der Waals surface area contributed by atoms with Gasteiger partial charge in [0.05, 0.1) is 31.7 Å². The molecule has 1 aliphatic heterocycles. The second-order valence-corrected chi connectivity index (χ2v) is 9.66. The minimum absolute atomic E-state index is 0.238. The molecule has 0 radical (unpaired) electrons. The van der Waals surface area contributed by atoms with Crippen LogP contribution in [-0.2, 0) is 10.0 Å². The number of nitrogens with zero attached hydrogens (tertiary/aromatic N) is 3. The van der Waals surface area contributed by atoms with Gasteiger partial charge in [0.25, 0.3) is 5.91 Å². The number of hydrogen-bond acceptors (Lipinski definition) is 6. The lowest BCUT2D eigenvalue weighted by Crippen LogP contribution is -2.49. The molecule has 1 saturated heterocycles. The summed E-state index contributed by atoms with van der Waals surface area (Å²) in [6, 6.07) is 10.6. The van der Waals surface area contributed by atoms with E-state index >= 15 is 0 Å². The summed E-state index contributed by atoms with van der Waals surface area (Å²) < 4.78 is 36.1. The lowest BCUT2D eigenvalue weighted by Gasteiger charge is -2.36. The maximum absolute atomic E-state index is 13.4. The molecule has 0 atom stereocenters. The summed E-state index contributed by atoms with van der Waals surface area (Å²) in [5.74, 6) is 0.432. The number of amides is 1. The summed E-state index contributed by atoms with van der Waals surface area (Å²) in [5.41, 5.74) is 1.48. The van der Waals surface area contributed by atoms with Gasteiger partial charge in [-0.3, -0.25) is 9.10 Å². The molecule has 0 aliphatic carbocycles. The van der Waals surface area contributed by atoms with Gasteiger partial charge in [-0.2, -0.15) is 0 Å². The van der Waals surface area contributed by atoms with Crippen LogP contribution >= 0.6 is 11.6 Å². The predicted octanol–water partition coefficient (Wildman–Crippen LogP) is 2.72. The Labute approximate surface area is 187 Å². The zero-order chi connectivity index (χ0) is 22.8. The van der Waals surface area contributed by atoms with Gasteiger partial charge in [-0.05, 0) is 24.3 Å². The first-order valence-electron chi connectivity index (χ1n) is 9.65. The van der Waals surface area contributed by atoms with Crippen LogP contribution in [0.3, 0.4) is 0 Å². The van der Waals surface area contributed by atoms with Gasteiger partial charge in [0.1, 0.15) is 0 Å². The molecule has 0 aromatic heterocycles. The molecule has 1 fully saturated rings. The molecule has 0 bridgehead atoms. The number of halogens is 1. The number of rotatable bonds is 6. The van der Waals surface area contributed by atoms with Crippen molar-refractivity contribution in [3.63, 3.8) is 0 Å². The summed E-state index contributed by atoms with van der Waals surface area (Å²) in [6.45, 7) is 2.25. The Morgan fingerprint density at radius 3 is 2.19 bits per heavy atom. The molecule has 0 N–H and O–H groups in total. The monoisotopic (exact) mass is 467 g/mol. The molecule has 0 saturated carbocycles. The summed E-state index contributed by atoms with van der Waals surface area (Å²) in [4.78, 5) is 17.3. The molecule has 8 nitrogen and oxygen atoms in total. The predicted molar refractivity (Wildman–Crippen MR) is 122 cm³/mol. The summed E-state index contributed by atoms with van der Waals surface area (Å²) in [5, 5.41) is 0.662. The second-order valence-electron chi connectivity index (χ2n) is 7.21. The maximum Gasteiger partial charge on any atom is 0.256 e. The van der Waals surface area contributed by atoms with Crippen LogP contribution in [-0.4, -0.2) is 72.9 Å². The van der Waals surface area contributed by atoms with Crippen molar-refractivity contribution in [1.29, 1.82) is 0 Å². The van der Waals surface area contributed by atoms with Gasteiger partial charge in [0.15, 0.2) is 11.5 Å². The molecule has 3 rings (SSSR count). The Morgan fingerprint density at radius 2 is 1.65 bits per heavy atom. The molecule has 1 heterocycles. The van der Waals surface area contributed by atoms with Crippen molar-refractivity contribution in [1.82, 2.24) is 4.90 Å². The number of methoxy groups -OCH3 is 2. The third-order valence-electron chi connectivity index (χ3n) is 5.31. The number of hydrogen-bond donors (Lipinski definition) is 0. The Hall–Kier alpha value is -2.65. The van der Waals surface area contributed by atoms with Crippen LogP contribution in [0.1, 0.15) is 10.4 Å². The van der Waals surface area contributed by atoms with E-state index in [2.05, 4.69) is 4.90 Å². The van der Waals surface area contributed by atoms with Gasteiger partial charge in [0, 0.05) is 50.0 Å². The SMILES string of the molecule is COc1cc(C(=O)N2CCN(c3cccc(Cl)c3)CC2)c(N(C)S(C)(=O)=O)cc1OC. The van der Waals surface area contributed by atoms with Crippen LogP contribution in [0.15, 0.2) is 36.4 Å². The highest BCUT2D eigenvalue weighted by Crippen LogP contribution is 2.36. The smallest absolute Gasteiger partial charge is 0.256 e. The van der Waals surface area contributed by atoms with Crippen molar-refractivity contribution in [3.8, 4) is 11.5 Å². The van der Waals surface area contributed by atoms with Gasteiger partial charge >= 0.3 is 0 Å². The summed E-state index contributed by atoms with van der Waals surface area (Å²) in [7, 11) is 0.742. The summed E-state index contributed by atoms with van der Waals surface area (Å²) in [6.07, 6.45) is 1.09. The molecular formula is C21H26ClN3O5S. The van der Waals surface area contributed by atoms with E-state index in [1.54, 1.807) is 4.90 Å². The quantitative estimate of drug-likeness (QED) is 0.650. The van der Waals surface area contributed by atoms with E-state index < -0.39 is 10.0 Å². The van der Waals surface area contributed by atoms with Crippen molar-refractivity contribution in [3.05, 3.63) is 47.0 Å². The fraction of sp³-hybridized carbons (Fsp3) is 0.381. The lowest BCUT2D eigenvalue weighted by molar-refractivity contribution is 0.0747. The van der Waals surface area contributed by atoms with Gasteiger partial charge in [-0.15, -0.1) is 0 Å². The first-order valence-corrected chi connectivity index (χ1v) is 11.9. The first kappa shape index (κ1) is 23.0. The third-order valence-corrected chi connectivity index (χ3v) is 6.74. The fourth-order valence-electron chi connectivity index (χ4n) is 3.49. The second kappa shape index (κ2) is 9.23. The molecule has 1 amide bonds. The normalized spacial score (nSPS) is 14.4. The van der Waals surface area contributed by atoms with E-state index in [9.17, 15) is 13.2 Å². The van der Waals surface area contributed by atoms with Crippen molar-refractivity contribution >= 4 is 38.9 Å². The lowest BCUT2D eigenvalue weighted by atomic mass is 10.1. The molecular weight excluding hydrogens is 442 g/mol. The van der Waals surface area contributed by atoms with E-state index in [4.69, 9.17) is 21.1 Å². The van der Waals surface area contributed by atoms with E-state index in [0.29, 0.717) is 42.7 Å². The minimum atomic E-state index is -3.59. The highest BCUT2D eigenvalue weighted by molar-refractivity contribution is 7.92. The Morgan fingerprint density at radius 1 is 1.03 bits per heavy atom. The first-order chi connectivity index (χ1) is 14.7. The number of sulfonamides is 1. The van der Waals surface area contributed by atoms with Crippen LogP contribution in [0.4, 0.5) is 11.4 Å². The van der Waals surface area contributed by atoms with Crippen molar-refractivity contribution in [2.24, 2.45) is 0 Å². The topological polar surface area (TPSA) is 79.4 Å². The Balaban J connectivity index is 1.88. The minimum Gasteiger partial charge on any atom is -0.493 e. The molecule has 2 aromatic carbocycles. The molecule has 0 spiro atoms. The fourth-order valence-corrected chi connectivity index (χ4v) is 4.18. The molecule has 1 aliphatic rings. The van der Waals surface area contributed by atoms with Gasteiger partial charge in [-0.1, -0.05) is 17.7 Å². The van der Waals surface area contributed by atoms with Crippen LogP contribution in [0.2, 0.25) is 5.02 Å².